The Bertz CT molecular complexity index is 696. The van der Waals surface area contributed by atoms with Crippen LogP contribution in [0.3, 0.4) is 0 Å². The molecular formula is C13H12F2O7S. The Morgan fingerprint density at radius 3 is 2.17 bits per heavy atom. The van der Waals surface area contributed by atoms with Crippen LogP contribution in [-0.4, -0.2) is 43.4 Å². The van der Waals surface area contributed by atoms with Crippen molar-refractivity contribution in [2.75, 3.05) is 13.2 Å². The van der Waals surface area contributed by atoms with Gasteiger partial charge in [-0.2, -0.15) is 17.2 Å². The molecule has 0 heterocycles. The first kappa shape index (κ1) is 18.7. The smallest absolute Gasteiger partial charge is 0.458 e. The largest absolute Gasteiger partial charge is 0.465 e. The highest BCUT2D eigenvalue weighted by atomic mass is 32.2. The Morgan fingerprint density at radius 1 is 1.17 bits per heavy atom. The minimum Gasteiger partial charge on any atom is -0.458 e. The van der Waals surface area contributed by atoms with Crippen LogP contribution in [0, 0.1) is 0 Å². The van der Waals surface area contributed by atoms with Crippen molar-refractivity contribution in [1.82, 2.24) is 0 Å². The van der Waals surface area contributed by atoms with E-state index in [4.69, 9.17) is 4.55 Å². The molecule has 0 aromatic heterocycles. The van der Waals surface area contributed by atoms with Crippen LogP contribution in [0.25, 0.3) is 6.08 Å². The molecule has 10 heteroatoms. The number of ether oxygens (including phenoxy) is 2. The SMILES string of the molecule is C=Cc1ccc(C(=O)OCCOC(=O)C(F)(F)S(=O)(=O)O)cc1. The number of benzene rings is 1. The predicted molar refractivity (Wildman–Crippen MR) is 74.3 cm³/mol. The molecule has 0 fully saturated rings. The van der Waals surface area contributed by atoms with Crippen molar-refractivity contribution in [2.45, 2.75) is 5.25 Å². The average molecular weight is 350 g/mol. The third-order valence-corrected chi connectivity index (χ3v) is 3.31. The molecule has 1 aromatic carbocycles. The summed E-state index contributed by atoms with van der Waals surface area (Å²) in [4.78, 5) is 22.4. The number of hydrogen-bond donors (Lipinski definition) is 1. The Labute approximate surface area is 130 Å². The van der Waals surface area contributed by atoms with E-state index in [1.54, 1.807) is 18.2 Å². The summed E-state index contributed by atoms with van der Waals surface area (Å²) >= 11 is 0. The fourth-order valence-electron chi connectivity index (χ4n) is 1.30. The second-order valence-electron chi connectivity index (χ2n) is 4.09. The normalized spacial score (nSPS) is 11.6. The van der Waals surface area contributed by atoms with Gasteiger partial charge in [-0.25, -0.2) is 9.59 Å². The molecule has 0 aliphatic rings. The summed E-state index contributed by atoms with van der Waals surface area (Å²) in [6.07, 6.45) is 1.56. The lowest BCUT2D eigenvalue weighted by Gasteiger charge is -2.12. The number of esters is 2. The van der Waals surface area contributed by atoms with E-state index in [9.17, 15) is 26.8 Å². The first-order valence-corrected chi connectivity index (χ1v) is 7.45. The Balaban J connectivity index is 2.46. The number of hydrogen-bond acceptors (Lipinski definition) is 6. The summed E-state index contributed by atoms with van der Waals surface area (Å²) < 4.78 is 63.0. The fourth-order valence-corrected chi connectivity index (χ4v) is 1.57. The third-order valence-electron chi connectivity index (χ3n) is 2.49. The van der Waals surface area contributed by atoms with E-state index in [0.717, 1.165) is 5.56 Å². The van der Waals surface area contributed by atoms with Crippen molar-refractivity contribution in [1.29, 1.82) is 0 Å². The second kappa shape index (κ2) is 7.29. The summed E-state index contributed by atoms with van der Waals surface area (Å²) in [7, 11) is -5.93. The van der Waals surface area contributed by atoms with Gasteiger partial charge in [-0.1, -0.05) is 24.8 Å². The van der Waals surface area contributed by atoms with Crippen LogP contribution in [0.4, 0.5) is 8.78 Å². The van der Waals surface area contributed by atoms with E-state index < -0.39 is 40.5 Å². The van der Waals surface area contributed by atoms with Crippen LogP contribution in [0.1, 0.15) is 15.9 Å². The van der Waals surface area contributed by atoms with Gasteiger partial charge in [0, 0.05) is 0 Å². The van der Waals surface area contributed by atoms with Gasteiger partial charge in [-0.05, 0) is 17.7 Å². The van der Waals surface area contributed by atoms with Gasteiger partial charge in [-0.3, -0.25) is 4.55 Å². The van der Waals surface area contributed by atoms with Crippen molar-refractivity contribution in [2.24, 2.45) is 0 Å². The van der Waals surface area contributed by atoms with Crippen molar-refractivity contribution >= 4 is 28.1 Å². The molecule has 0 spiro atoms. The standard InChI is InChI=1S/C13H12F2O7S/c1-2-9-3-5-10(6-4-9)11(16)21-7-8-22-12(17)13(14,15)23(18,19)20/h2-6H,1,7-8H2,(H,18,19,20). The summed E-state index contributed by atoms with van der Waals surface area (Å²) in [5, 5.41) is -5.09. The van der Waals surface area contributed by atoms with E-state index in [2.05, 4.69) is 16.1 Å². The highest BCUT2D eigenvalue weighted by Gasteiger charge is 2.54. The van der Waals surface area contributed by atoms with Crippen LogP contribution in [0.15, 0.2) is 30.8 Å². The summed E-state index contributed by atoms with van der Waals surface area (Å²) in [5.41, 5.74) is 0.938. The van der Waals surface area contributed by atoms with Crippen LogP contribution in [-0.2, 0) is 24.4 Å². The van der Waals surface area contributed by atoms with Crippen LogP contribution in [0.5, 0.6) is 0 Å². The molecule has 0 bridgehead atoms. The number of rotatable bonds is 7. The molecule has 23 heavy (non-hydrogen) atoms. The molecule has 0 aliphatic carbocycles. The van der Waals surface area contributed by atoms with Gasteiger partial charge in [-0.15, -0.1) is 0 Å². The summed E-state index contributed by atoms with van der Waals surface area (Å²) in [6.45, 7) is 2.15. The van der Waals surface area contributed by atoms with Crippen LogP contribution < -0.4 is 0 Å². The van der Waals surface area contributed by atoms with Crippen molar-refractivity contribution in [3.05, 3.63) is 42.0 Å². The zero-order valence-electron chi connectivity index (χ0n) is 11.6. The van der Waals surface area contributed by atoms with E-state index in [0.29, 0.717) is 0 Å². The molecule has 0 atom stereocenters. The van der Waals surface area contributed by atoms with Gasteiger partial charge < -0.3 is 9.47 Å². The highest BCUT2D eigenvalue weighted by Crippen LogP contribution is 2.21. The summed E-state index contributed by atoms with van der Waals surface area (Å²) in [5.74, 6) is -3.26. The molecule has 0 saturated heterocycles. The first-order valence-electron chi connectivity index (χ1n) is 6.01. The fraction of sp³-hybridized carbons (Fsp3) is 0.231. The number of carbonyl (C=O) groups excluding carboxylic acids is 2. The van der Waals surface area contributed by atoms with Gasteiger partial charge in [0.1, 0.15) is 13.2 Å². The minimum atomic E-state index is -5.93. The first-order chi connectivity index (χ1) is 10.6. The van der Waals surface area contributed by atoms with Gasteiger partial charge in [0.2, 0.25) is 0 Å². The maximum absolute atomic E-state index is 12.8. The maximum Gasteiger partial charge on any atom is 0.465 e. The molecule has 0 amide bonds. The third kappa shape index (κ3) is 4.83. The predicted octanol–water partition coefficient (Wildman–Crippen LogP) is 1.51. The molecular weight excluding hydrogens is 338 g/mol. The van der Waals surface area contributed by atoms with E-state index in [1.165, 1.54) is 12.1 Å². The molecule has 0 unspecified atom stereocenters. The minimum absolute atomic E-state index is 0.171. The quantitative estimate of drug-likeness (QED) is 0.451. The Morgan fingerprint density at radius 2 is 1.70 bits per heavy atom. The lowest BCUT2D eigenvalue weighted by Crippen LogP contribution is -2.39. The average Bonchev–Trinajstić information content (AvgIpc) is 2.50. The number of carbonyl (C=O) groups is 2. The monoisotopic (exact) mass is 350 g/mol. The van der Waals surface area contributed by atoms with E-state index in [1.807, 2.05) is 0 Å². The van der Waals surface area contributed by atoms with Gasteiger partial charge in [0.25, 0.3) is 0 Å². The lowest BCUT2D eigenvalue weighted by molar-refractivity contribution is -0.162. The molecule has 1 rings (SSSR count). The second-order valence-corrected chi connectivity index (χ2v) is 5.55. The number of halogens is 2. The van der Waals surface area contributed by atoms with Crippen LogP contribution in [0.2, 0.25) is 0 Å². The zero-order chi connectivity index (χ0) is 17.7. The van der Waals surface area contributed by atoms with E-state index in [-0.39, 0.29) is 5.56 Å². The lowest BCUT2D eigenvalue weighted by atomic mass is 10.1. The molecule has 126 valence electrons. The van der Waals surface area contributed by atoms with Crippen molar-refractivity contribution in [3.63, 3.8) is 0 Å². The Kier molecular flexibility index (Phi) is 5.93. The molecule has 0 saturated carbocycles. The van der Waals surface area contributed by atoms with Gasteiger partial charge in [0.05, 0.1) is 5.56 Å². The number of alkyl halides is 2. The molecule has 0 radical (unpaired) electrons. The van der Waals surface area contributed by atoms with Crippen molar-refractivity contribution < 1.29 is 40.8 Å². The van der Waals surface area contributed by atoms with Crippen LogP contribution >= 0.6 is 0 Å². The van der Waals surface area contributed by atoms with Crippen molar-refractivity contribution in [3.8, 4) is 0 Å². The maximum atomic E-state index is 12.8. The molecule has 1 aromatic rings. The van der Waals surface area contributed by atoms with E-state index >= 15 is 0 Å². The Hall–Kier alpha value is -2.33. The summed E-state index contributed by atoms with van der Waals surface area (Å²) in [6, 6.07) is 6.07. The highest BCUT2D eigenvalue weighted by molar-refractivity contribution is 7.87. The zero-order valence-corrected chi connectivity index (χ0v) is 12.4. The molecule has 0 aliphatic heterocycles. The molecule has 1 N–H and O–H groups in total. The van der Waals surface area contributed by atoms with Gasteiger partial charge in [0.15, 0.2) is 0 Å². The molecule has 7 nitrogen and oxygen atoms in total. The topological polar surface area (TPSA) is 107 Å². The van der Waals surface area contributed by atoms with Gasteiger partial charge >= 0.3 is 27.3 Å².